The topological polar surface area (TPSA) is 67.7 Å². The molecule has 0 spiro atoms. The van der Waals surface area contributed by atoms with Crippen molar-refractivity contribution >= 4 is 11.8 Å². The first kappa shape index (κ1) is 20.3. The second-order valence-electron chi connectivity index (χ2n) is 7.73. The summed E-state index contributed by atoms with van der Waals surface area (Å²) < 4.78 is 13.0. The van der Waals surface area contributed by atoms with Gasteiger partial charge in [-0.2, -0.15) is 5.26 Å². The predicted octanol–water partition coefficient (Wildman–Crippen LogP) is 2.27. The highest BCUT2D eigenvalue weighted by Crippen LogP contribution is 2.32. The number of carbonyl (C=O) groups is 2. The first-order valence-corrected chi connectivity index (χ1v) is 9.90. The fourth-order valence-electron chi connectivity index (χ4n) is 4.08. The SMILES string of the molecule is CN(C(=O)CN1CCN(C(=O)c2ccc(F)cc2)CC1)C1(C#N)CCCCC1. The Morgan fingerprint density at radius 3 is 2.29 bits per heavy atom. The molecule has 0 N–H and O–H groups in total. The number of hydrogen-bond donors (Lipinski definition) is 0. The van der Waals surface area contributed by atoms with E-state index >= 15 is 0 Å². The number of nitrogens with zero attached hydrogens (tertiary/aromatic N) is 4. The van der Waals surface area contributed by atoms with Crippen LogP contribution in [0.1, 0.15) is 42.5 Å². The number of piperazine rings is 1. The Morgan fingerprint density at radius 2 is 1.71 bits per heavy atom. The Morgan fingerprint density at radius 1 is 1.11 bits per heavy atom. The van der Waals surface area contributed by atoms with Gasteiger partial charge in [-0.15, -0.1) is 0 Å². The number of hydrogen-bond acceptors (Lipinski definition) is 4. The summed E-state index contributed by atoms with van der Waals surface area (Å²) in [5, 5.41) is 9.66. The average Bonchev–Trinajstić information content (AvgIpc) is 2.74. The van der Waals surface area contributed by atoms with Gasteiger partial charge in [0.05, 0.1) is 12.6 Å². The normalized spacial score (nSPS) is 19.7. The molecule has 2 fully saturated rings. The second kappa shape index (κ2) is 8.70. The van der Waals surface area contributed by atoms with Crippen molar-refractivity contribution in [3.8, 4) is 6.07 Å². The van der Waals surface area contributed by atoms with Crippen molar-refractivity contribution in [2.45, 2.75) is 37.6 Å². The lowest BCUT2D eigenvalue weighted by Crippen LogP contribution is -2.55. The third-order valence-corrected chi connectivity index (χ3v) is 6.01. The van der Waals surface area contributed by atoms with Gasteiger partial charge in [-0.3, -0.25) is 14.5 Å². The summed E-state index contributed by atoms with van der Waals surface area (Å²) in [6, 6.07) is 7.95. The number of rotatable bonds is 4. The summed E-state index contributed by atoms with van der Waals surface area (Å²) in [6.45, 7) is 2.52. The van der Waals surface area contributed by atoms with Crippen molar-refractivity contribution in [2.75, 3.05) is 39.8 Å². The molecule has 0 bridgehead atoms. The van der Waals surface area contributed by atoms with Crippen LogP contribution >= 0.6 is 0 Å². The molecule has 1 heterocycles. The van der Waals surface area contributed by atoms with Gasteiger partial charge in [0.1, 0.15) is 11.4 Å². The summed E-state index contributed by atoms with van der Waals surface area (Å²) in [5.74, 6) is -0.521. The maximum absolute atomic E-state index is 13.0. The molecule has 6 nitrogen and oxygen atoms in total. The number of likely N-dealkylation sites (N-methyl/N-ethyl adjacent to an activating group) is 1. The minimum atomic E-state index is -0.671. The molecule has 2 amide bonds. The van der Waals surface area contributed by atoms with E-state index in [1.165, 1.54) is 24.3 Å². The third kappa shape index (κ3) is 4.33. The highest BCUT2D eigenvalue weighted by Gasteiger charge is 2.39. The molecular formula is C21H27FN4O2. The minimum Gasteiger partial charge on any atom is -0.336 e. The smallest absolute Gasteiger partial charge is 0.253 e. The van der Waals surface area contributed by atoms with E-state index < -0.39 is 5.54 Å². The zero-order valence-corrected chi connectivity index (χ0v) is 16.4. The number of carbonyl (C=O) groups excluding carboxylic acids is 2. The molecule has 0 atom stereocenters. The van der Waals surface area contributed by atoms with Crippen molar-refractivity contribution in [3.63, 3.8) is 0 Å². The van der Waals surface area contributed by atoms with E-state index in [0.717, 1.165) is 32.1 Å². The zero-order chi connectivity index (χ0) is 20.1. The van der Waals surface area contributed by atoms with Crippen molar-refractivity contribution < 1.29 is 14.0 Å². The summed E-state index contributed by atoms with van der Waals surface area (Å²) in [6.07, 6.45) is 4.57. The minimum absolute atomic E-state index is 0.0400. The fourth-order valence-corrected chi connectivity index (χ4v) is 4.08. The van der Waals surface area contributed by atoms with Crippen molar-refractivity contribution in [3.05, 3.63) is 35.6 Å². The lowest BCUT2D eigenvalue weighted by Gasteiger charge is -2.41. The molecule has 0 radical (unpaired) electrons. The van der Waals surface area contributed by atoms with Crippen LogP contribution < -0.4 is 0 Å². The first-order chi connectivity index (χ1) is 13.4. The highest BCUT2D eigenvalue weighted by atomic mass is 19.1. The van der Waals surface area contributed by atoms with E-state index in [4.69, 9.17) is 0 Å². The Kier molecular flexibility index (Phi) is 6.30. The van der Waals surface area contributed by atoms with Gasteiger partial charge in [-0.05, 0) is 37.1 Å². The van der Waals surface area contributed by atoms with Crippen LogP contribution in [0.15, 0.2) is 24.3 Å². The van der Waals surface area contributed by atoms with Gasteiger partial charge in [0.25, 0.3) is 5.91 Å². The summed E-state index contributed by atoms with van der Waals surface area (Å²) in [4.78, 5) is 30.7. The van der Waals surface area contributed by atoms with Crippen molar-refractivity contribution in [2.24, 2.45) is 0 Å². The van der Waals surface area contributed by atoms with Crippen LogP contribution in [-0.4, -0.2) is 71.8 Å². The van der Waals surface area contributed by atoms with Crippen LogP contribution in [0.25, 0.3) is 0 Å². The van der Waals surface area contributed by atoms with E-state index in [-0.39, 0.29) is 24.2 Å². The number of benzene rings is 1. The quantitative estimate of drug-likeness (QED) is 0.796. The molecule has 1 saturated heterocycles. The summed E-state index contributed by atoms with van der Waals surface area (Å²) in [7, 11) is 1.74. The molecule has 0 unspecified atom stereocenters. The molecule has 1 aromatic rings. The van der Waals surface area contributed by atoms with Crippen LogP contribution in [-0.2, 0) is 4.79 Å². The van der Waals surface area contributed by atoms with Crippen LogP contribution in [0.4, 0.5) is 4.39 Å². The summed E-state index contributed by atoms with van der Waals surface area (Å²) in [5.41, 5.74) is -0.200. The maximum atomic E-state index is 13.0. The molecule has 1 aliphatic heterocycles. The number of amides is 2. The molecule has 150 valence electrons. The average molecular weight is 386 g/mol. The number of halogens is 1. The van der Waals surface area contributed by atoms with Gasteiger partial charge in [0.2, 0.25) is 5.91 Å². The zero-order valence-electron chi connectivity index (χ0n) is 16.4. The van der Waals surface area contributed by atoms with Crippen LogP contribution in [0.2, 0.25) is 0 Å². The fraction of sp³-hybridized carbons (Fsp3) is 0.571. The Balaban J connectivity index is 1.52. The molecule has 28 heavy (non-hydrogen) atoms. The third-order valence-electron chi connectivity index (χ3n) is 6.01. The Bertz CT molecular complexity index is 745. The van der Waals surface area contributed by atoms with E-state index in [1.807, 2.05) is 4.90 Å². The van der Waals surface area contributed by atoms with Gasteiger partial charge in [-0.25, -0.2) is 4.39 Å². The Hall–Kier alpha value is -2.46. The molecule has 3 rings (SSSR count). The van der Waals surface area contributed by atoms with Gasteiger partial charge >= 0.3 is 0 Å². The Labute approximate surface area is 165 Å². The lowest BCUT2D eigenvalue weighted by atomic mass is 9.81. The first-order valence-electron chi connectivity index (χ1n) is 9.90. The van der Waals surface area contributed by atoms with E-state index in [0.29, 0.717) is 31.7 Å². The van der Waals surface area contributed by atoms with Crippen molar-refractivity contribution in [1.29, 1.82) is 5.26 Å². The standard InChI is InChI=1S/C21H27FN4O2/c1-24(21(16-23)9-3-2-4-10-21)19(27)15-25-11-13-26(14-12-25)20(28)17-5-7-18(22)8-6-17/h5-8H,2-4,9-15H2,1H3. The molecule has 7 heteroatoms. The van der Waals surface area contributed by atoms with E-state index in [2.05, 4.69) is 6.07 Å². The molecule has 0 aromatic heterocycles. The molecule has 2 aliphatic rings. The number of nitriles is 1. The molecule has 1 saturated carbocycles. The predicted molar refractivity (Wildman–Crippen MR) is 103 cm³/mol. The van der Waals surface area contributed by atoms with E-state index in [1.54, 1.807) is 16.8 Å². The summed E-state index contributed by atoms with van der Waals surface area (Å²) >= 11 is 0. The van der Waals surface area contributed by atoms with Crippen molar-refractivity contribution in [1.82, 2.24) is 14.7 Å². The molecule has 1 aliphatic carbocycles. The maximum Gasteiger partial charge on any atom is 0.253 e. The lowest BCUT2D eigenvalue weighted by molar-refractivity contribution is -0.136. The monoisotopic (exact) mass is 386 g/mol. The van der Waals surface area contributed by atoms with Crippen LogP contribution in [0.3, 0.4) is 0 Å². The largest absolute Gasteiger partial charge is 0.336 e. The van der Waals surface area contributed by atoms with Gasteiger partial charge in [0, 0.05) is 38.8 Å². The van der Waals surface area contributed by atoms with Crippen LogP contribution in [0.5, 0.6) is 0 Å². The van der Waals surface area contributed by atoms with Gasteiger partial charge in [0.15, 0.2) is 0 Å². The van der Waals surface area contributed by atoms with Crippen LogP contribution in [0, 0.1) is 17.1 Å². The molecule has 1 aromatic carbocycles. The second-order valence-corrected chi connectivity index (χ2v) is 7.73. The van der Waals surface area contributed by atoms with Gasteiger partial charge < -0.3 is 9.80 Å². The van der Waals surface area contributed by atoms with Gasteiger partial charge in [-0.1, -0.05) is 19.3 Å². The van der Waals surface area contributed by atoms with E-state index in [9.17, 15) is 19.2 Å². The molecular weight excluding hydrogens is 359 g/mol. The highest BCUT2D eigenvalue weighted by molar-refractivity contribution is 5.94.